The van der Waals surface area contributed by atoms with Crippen molar-refractivity contribution in [1.29, 1.82) is 0 Å². The first kappa shape index (κ1) is 18.0. The van der Waals surface area contributed by atoms with Crippen LogP contribution >= 0.6 is 11.6 Å². The van der Waals surface area contributed by atoms with E-state index in [1.807, 2.05) is 31.2 Å². The number of halogens is 1. The van der Waals surface area contributed by atoms with E-state index in [1.54, 1.807) is 38.1 Å². The Morgan fingerprint density at radius 1 is 0.958 bits per heavy atom. The zero-order valence-electron chi connectivity index (χ0n) is 14.0. The Bertz CT molecular complexity index is 722. The zero-order valence-corrected chi connectivity index (χ0v) is 14.8. The first-order chi connectivity index (χ1) is 11.3. The van der Waals surface area contributed by atoms with Gasteiger partial charge in [0, 0.05) is 17.3 Å². The van der Waals surface area contributed by atoms with Gasteiger partial charge in [0.2, 0.25) is 11.8 Å². The van der Waals surface area contributed by atoms with Crippen molar-refractivity contribution in [2.45, 2.75) is 27.3 Å². The van der Waals surface area contributed by atoms with Crippen LogP contribution in [-0.4, -0.2) is 11.8 Å². The summed E-state index contributed by atoms with van der Waals surface area (Å²) in [6, 6.07) is 14.6. The topological polar surface area (TPSA) is 58.2 Å². The fourth-order valence-electron chi connectivity index (χ4n) is 2.03. The van der Waals surface area contributed by atoms with E-state index in [0.717, 1.165) is 11.1 Å². The molecule has 0 spiro atoms. The summed E-state index contributed by atoms with van der Waals surface area (Å²) in [4.78, 5) is 24.8. The second kappa shape index (κ2) is 7.49. The molecule has 0 aliphatic carbocycles. The number of carbonyl (C=O) groups is 2. The summed E-state index contributed by atoms with van der Waals surface area (Å²) in [7, 11) is 0. The van der Waals surface area contributed by atoms with Crippen LogP contribution in [0.5, 0.6) is 0 Å². The molecule has 4 nitrogen and oxygen atoms in total. The quantitative estimate of drug-likeness (QED) is 0.807. The van der Waals surface area contributed by atoms with Crippen LogP contribution in [0.2, 0.25) is 5.02 Å². The van der Waals surface area contributed by atoms with Crippen molar-refractivity contribution in [2.75, 3.05) is 5.32 Å². The molecule has 2 N–H and O–H groups in total. The molecule has 24 heavy (non-hydrogen) atoms. The molecule has 126 valence electrons. The number of rotatable bonds is 5. The SMILES string of the molecule is Cc1ccc(CNC(=O)C(C)(C)C(=O)Nc2ccc(Cl)cc2)cc1. The second-order valence-electron chi connectivity index (χ2n) is 6.25. The van der Waals surface area contributed by atoms with Crippen LogP contribution in [0, 0.1) is 12.3 Å². The van der Waals surface area contributed by atoms with Crippen LogP contribution in [0.1, 0.15) is 25.0 Å². The van der Waals surface area contributed by atoms with Gasteiger partial charge in [0.25, 0.3) is 0 Å². The average Bonchev–Trinajstić information content (AvgIpc) is 2.56. The van der Waals surface area contributed by atoms with Crippen molar-refractivity contribution in [3.05, 3.63) is 64.7 Å². The van der Waals surface area contributed by atoms with E-state index in [1.165, 1.54) is 0 Å². The highest BCUT2D eigenvalue weighted by Crippen LogP contribution is 2.20. The molecule has 0 fully saturated rings. The Kier molecular flexibility index (Phi) is 5.62. The third kappa shape index (κ3) is 4.59. The van der Waals surface area contributed by atoms with Crippen LogP contribution < -0.4 is 10.6 Å². The normalized spacial score (nSPS) is 11.0. The van der Waals surface area contributed by atoms with Crippen molar-refractivity contribution >= 4 is 29.1 Å². The van der Waals surface area contributed by atoms with Crippen molar-refractivity contribution < 1.29 is 9.59 Å². The van der Waals surface area contributed by atoms with Crippen molar-refractivity contribution in [3.63, 3.8) is 0 Å². The molecule has 5 heteroatoms. The molecule has 0 saturated carbocycles. The van der Waals surface area contributed by atoms with Crippen molar-refractivity contribution in [3.8, 4) is 0 Å². The number of hydrogen-bond donors (Lipinski definition) is 2. The number of anilines is 1. The predicted molar refractivity (Wildman–Crippen MR) is 96.9 cm³/mol. The van der Waals surface area contributed by atoms with Crippen LogP contribution in [0.25, 0.3) is 0 Å². The predicted octanol–water partition coefficient (Wildman–Crippen LogP) is 3.93. The lowest BCUT2D eigenvalue weighted by atomic mass is 9.90. The smallest absolute Gasteiger partial charge is 0.239 e. The van der Waals surface area contributed by atoms with Gasteiger partial charge in [0.05, 0.1) is 0 Å². The fourth-order valence-corrected chi connectivity index (χ4v) is 2.16. The first-order valence-electron chi connectivity index (χ1n) is 7.70. The van der Waals surface area contributed by atoms with Gasteiger partial charge in [-0.25, -0.2) is 0 Å². The van der Waals surface area contributed by atoms with Gasteiger partial charge in [-0.05, 0) is 50.6 Å². The van der Waals surface area contributed by atoms with Gasteiger partial charge in [0.1, 0.15) is 5.41 Å². The molecule has 0 atom stereocenters. The molecule has 2 amide bonds. The van der Waals surface area contributed by atoms with Gasteiger partial charge in [0.15, 0.2) is 0 Å². The Morgan fingerprint density at radius 2 is 1.54 bits per heavy atom. The van der Waals surface area contributed by atoms with Crippen molar-refractivity contribution in [2.24, 2.45) is 5.41 Å². The van der Waals surface area contributed by atoms with E-state index < -0.39 is 5.41 Å². The van der Waals surface area contributed by atoms with E-state index in [9.17, 15) is 9.59 Å². The van der Waals surface area contributed by atoms with Gasteiger partial charge in [-0.2, -0.15) is 0 Å². The molecule has 0 bridgehead atoms. The molecule has 2 rings (SSSR count). The molecule has 0 aromatic heterocycles. The highest BCUT2D eigenvalue weighted by atomic mass is 35.5. The second-order valence-corrected chi connectivity index (χ2v) is 6.69. The molecule has 0 saturated heterocycles. The lowest BCUT2D eigenvalue weighted by molar-refractivity contribution is -0.138. The Labute approximate surface area is 147 Å². The summed E-state index contributed by atoms with van der Waals surface area (Å²) in [5.41, 5.74) is 1.56. The molecule has 0 radical (unpaired) electrons. The van der Waals surface area contributed by atoms with Gasteiger partial charge in [-0.15, -0.1) is 0 Å². The molecular formula is C19H21ClN2O2. The summed E-state index contributed by atoms with van der Waals surface area (Å²) >= 11 is 5.82. The summed E-state index contributed by atoms with van der Waals surface area (Å²) in [5, 5.41) is 6.14. The Balaban J connectivity index is 1.96. The maximum Gasteiger partial charge on any atom is 0.239 e. The standard InChI is InChI=1S/C19H21ClN2O2/c1-13-4-6-14(7-5-13)12-21-17(23)19(2,3)18(24)22-16-10-8-15(20)9-11-16/h4-11H,12H2,1-3H3,(H,21,23)(H,22,24). The number of hydrogen-bond acceptors (Lipinski definition) is 2. The van der Waals surface area contributed by atoms with Crippen molar-refractivity contribution in [1.82, 2.24) is 5.32 Å². The maximum atomic E-state index is 12.4. The Morgan fingerprint density at radius 3 is 2.12 bits per heavy atom. The summed E-state index contributed by atoms with van der Waals surface area (Å²) in [6.45, 7) is 5.59. The molecular weight excluding hydrogens is 324 g/mol. The zero-order chi connectivity index (χ0) is 17.7. The fraction of sp³-hybridized carbons (Fsp3) is 0.263. The molecule has 2 aromatic carbocycles. The van der Waals surface area contributed by atoms with Crippen LogP contribution in [-0.2, 0) is 16.1 Å². The highest BCUT2D eigenvalue weighted by molar-refractivity contribution is 6.30. The minimum absolute atomic E-state index is 0.325. The van der Waals surface area contributed by atoms with Gasteiger partial charge in [-0.1, -0.05) is 41.4 Å². The van der Waals surface area contributed by atoms with Gasteiger partial charge >= 0.3 is 0 Å². The first-order valence-corrected chi connectivity index (χ1v) is 8.08. The van der Waals surface area contributed by atoms with E-state index in [0.29, 0.717) is 17.3 Å². The Hall–Kier alpha value is -2.33. The number of amides is 2. The minimum atomic E-state index is -1.19. The third-order valence-corrected chi connectivity index (χ3v) is 4.06. The van der Waals surface area contributed by atoms with E-state index in [2.05, 4.69) is 10.6 Å². The number of aryl methyl sites for hydroxylation is 1. The minimum Gasteiger partial charge on any atom is -0.351 e. The number of nitrogens with one attached hydrogen (secondary N) is 2. The molecule has 0 aliphatic rings. The van der Waals surface area contributed by atoms with Gasteiger partial charge in [-0.3, -0.25) is 9.59 Å². The summed E-state index contributed by atoms with van der Waals surface area (Å²) < 4.78 is 0. The van der Waals surface area contributed by atoms with Crippen LogP contribution in [0.4, 0.5) is 5.69 Å². The largest absolute Gasteiger partial charge is 0.351 e. The summed E-state index contributed by atoms with van der Waals surface area (Å²) in [6.07, 6.45) is 0. The number of carbonyl (C=O) groups excluding carboxylic acids is 2. The number of benzene rings is 2. The lowest BCUT2D eigenvalue weighted by Gasteiger charge is -2.22. The summed E-state index contributed by atoms with van der Waals surface area (Å²) in [5.74, 6) is -0.694. The molecule has 0 heterocycles. The van der Waals surface area contributed by atoms with Crippen LogP contribution in [0.3, 0.4) is 0 Å². The van der Waals surface area contributed by atoms with Gasteiger partial charge < -0.3 is 10.6 Å². The lowest BCUT2D eigenvalue weighted by Crippen LogP contribution is -2.44. The molecule has 0 aliphatic heterocycles. The monoisotopic (exact) mass is 344 g/mol. The molecule has 2 aromatic rings. The van der Waals surface area contributed by atoms with E-state index >= 15 is 0 Å². The van der Waals surface area contributed by atoms with E-state index in [4.69, 9.17) is 11.6 Å². The van der Waals surface area contributed by atoms with Crippen LogP contribution in [0.15, 0.2) is 48.5 Å². The van der Waals surface area contributed by atoms with E-state index in [-0.39, 0.29) is 11.8 Å². The maximum absolute atomic E-state index is 12.4. The average molecular weight is 345 g/mol. The highest BCUT2D eigenvalue weighted by Gasteiger charge is 2.35. The third-order valence-electron chi connectivity index (χ3n) is 3.81. The molecule has 0 unspecified atom stereocenters.